The quantitative estimate of drug-likeness (QED) is 0.733. The predicted octanol–water partition coefficient (Wildman–Crippen LogP) is 1.87. The summed E-state index contributed by atoms with van der Waals surface area (Å²) in [6.07, 6.45) is 7.93. The van der Waals surface area contributed by atoms with Crippen LogP contribution in [0.3, 0.4) is 0 Å². The minimum absolute atomic E-state index is 0.0456. The van der Waals surface area contributed by atoms with E-state index in [-0.39, 0.29) is 6.61 Å². The van der Waals surface area contributed by atoms with E-state index < -0.39 is 0 Å². The van der Waals surface area contributed by atoms with Crippen LogP contribution < -0.4 is 0 Å². The van der Waals surface area contributed by atoms with Crippen molar-refractivity contribution >= 4 is 0 Å². The molecule has 7 nitrogen and oxygen atoms in total. The molecule has 0 atom stereocenters. The van der Waals surface area contributed by atoms with Crippen LogP contribution >= 0.6 is 0 Å². The normalized spacial score (nSPS) is 16.2. The molecule has 1 saturated heterocycles. The number of rotatable bonds is 6. The lowest BCUT2D eigenvalue weighted by molar-refractivity contribution is 0.164. The van der Waals surface area contributed by atoms with Gasteiger partial charge in [-0.1, -0.05) is 17.3 Å². The summed E-state index contributed by atoms with van der Waals surface area (Å²) >= 11 is 0. The van der Waals surface area contributed by atoms with Gasteiger partial charge < -0.3 is 5.11 Å². The molecule has 0 saturated carbocycles. The molecule has 3 heterocycles. The van der Waals surface area contributed by atoms with E-state index in [1.54, 1.807) is 6.20 Å². The molecule has 1 fully saturated rings. The van der Waals surface area contributed by atoms with Gasteiger partial charge in [-0.05, 0) is 55.6 Å². The zero-order valence-corrected chi connectivity index (χ0v) is 14.8. The molecule has 0 unspecified atom stereocenters. The fraction of sp³-hybridized carbons (Fsp3) is 0.421. The fourth-order valence-electron chi connectivity index (χ4n) is 3.57. The van der Waals surface area contributed by atoms with E-state index in [2.05, 4.69) is 44.6 Å². The van der Waals surface area contributed by atoms with Crippen LogP contribution in [0.4, 0.5) is 0 Å². The SMILES string of the molecule is OCc1cn(CC2CCN(Cc3cccc(-n4cccn4)c3)CC2)nn1. The molecule has 2 aromatic heterocycles. The Bertz CT molecular complexity index is 820. The van der Waals surface area contributed by atoms with Crippen molar-refractivity contribution in [3.05, 3.63) is 60.2 Å². The Morgan fingerprint density at radius 1 is 1.15 bits per heavy atom. The Hall–Kier alpha value is -2.51. The van der Waals surface area contributed by atoms with Crippen molar-refractivity contribution in [1.82, 2.24) is 29.7 Å². The molecule has 3 aromatic rings. The number of aliphatic hydroxyl groups excluding tert-OH is 1. The molecule has 26 heavy (non-hydrogen) atoms. The van der Waals surface area contributed by atoms with E-state index in [0.29, 0.717) is 11.6 Å². The molecule has 4 rings (SSSR count). The Morgan fingerprint density at radius 3 is 2.77 bits per heavy atom. The van der Waals surface area contributed by atoms with E-state index in [1.165, 1.54) is 5.56 Å². The summed E-state index contributed by atoms with van der Waals surface area (Å²) < 4.78 is 3.76. The van der Waals surface area contributed by atoms with Crippen LogP contribution in [0.1, 0.15) is 24.1 Å². The van der Waals surface area contributed by atoms with Gasteiger partial charge in [-0.2, -0.15) is 5.10 Å². The van der Waals surface area contributed by atoms with Crippen LogP contribution in [0.25, 0.3) is 5.69 Å². The highest BCUT2D eigenvalue weighted by Gasteiger charge is 2.20. The number of hydrogen-bond acceptors (Lipinski definition) is 5. The average Bonchev–Trinajstić information content (AvgIpc) is 3.35. The molecular formula is C19H24N6O. The summed E-state index contributed by atoms with van der Waals surface area (Å²) in [6.45, 7) is 4.00. The maximum absolute atomic E-state index is 9.08. The van der Waals surface area contributed by atoms with E-state index >= 15 is 0 Å². The second-order valence-electron chi connectivity index (χ2n) is 6.93. The second-order valence-corrected chi connectivity index (χ2v) is 6.93. The second kappa shape index (κ2) is 7.80. The first-order valence-electron chi connectivity index (χ1n) is 9.11. The molecule has 0 bridgehead atoms. The van der Waals surface area contributed by atoms with Crippen LogP contribution in [0.2, 0.25) is 0 Å². The molecule has 1 aliphatic rings. The predicted molar refractivity (Wildman–Crippen MR) is 97.5 cm³/mol. The number of nitrogens with zero attached hydrogens (tertiary/aromatic N) is 6. The van der Waals surface area contributed by atoms with Gasteiger partial charge in [-0.25, -0.2) is 4.68 Å². The molecular weight excluding hydrogens is 328 g/mol. The summed E-state index contributed by atoms with van der Waals surface area (Å²) in [7, 11) is 0. The molecule has 1 aromatic carbocycles. The van der Waals surface area contributed by atoms with Gasteiger partial charge in [-0.15, -0.1) is 5.10 Å². The zero-order valence-electron chi connectivity index (χ0n) is 14.8. The summed E-state index contributed by atoms with van der Waals surface area (Å²) in [6, 6.07) is 10.5. The Labute approximate surface area is 152 Å². The first-order valence-corrected chi connectivity index (χ1v) is 9.11. The Balaban J connectivity index is 1.30. The maximum Gasteiger partial charge on any atom is 0.108 e. The summed E-state index contributed by atoms with van der Waals surface area (Å²) in [5, 5.41) is 21.4. The van der Waals surface area contributed by atoms with E-state index in [1.807, 2.05) is 27.8 Å². The number of piperidine rings is 1. The Kier molecular flexibility index (Phi) is 5.08. The van der Waals surface area contributed by atoms with Gasteiger partial charge in [0, 0.05) is 25.5 Å². The third kappa shape index (κ3) is 4.00. The maximum atomic E-state index is 9.08. The largest absolute Gasteiger partial charge is 0.390 e. The monoisotopic (exact) mass is 352 g/mol. The third-order valence-corrected chi connectivity index (χ3v) is 4.99. The highest BCUT2D eigenvalue weighted by molar-refractivity contribution is 5.35. The number of likely N-dealkylation sites (tertiary alicyclic amines) is 1. The molecule has 0 spiro atoms. The minimum Gasteiger partial charge on any atom is -0.390 e. The first-order chi connectivity index (χ1) is 12.8. The third-order valence-electron chi connectivity index (χ3n) is 4.99. The van der Waals surface area contributed by atoms with Crippen molar-refractivity contribution in [2.45, 2.75) is 32.5 Å². The van der Waals surface area contributed by atoms with Crippen molar-refractivity contribution in [3.63, 3.8) is 0 Å². The van der Waals surface area contributed by atoms with Gasteiger partial charge >= 0.3 is 0 Å². The minimum atomic E-state index is -0.0456. The first kappa shape index (κ1) is 16.9. The summed E-state index contributed by atoms with van der Waals surface area (Å²) in [5.41, 5.74) is 3.06. The van der Waals surface area contributed by atoms with Gasteiger partial charge in [0.2, 0.25) is 0 Å². The van der Waals surface area contributed by atoms with E-state index in [9.17, 15) is 0 Å². The van der Waals surface area contributed by atoms with Crippen LogP contribution in [0, 0.1) is 5.92 Å². The van der Waals surface area contributed by atoms with Crippen LogP contribution in [0.15, 0.2) is 48.9 Å². The fourth-order valence-corrected chi connectivity index (χ4v) is 3.57. The van der Waals surface area contributed by atoms with Gasteiger partial charge in [-0.3, -0.25) is 9.58 Å². The summed E-state index contributed by atoms with van der Waals surface area (Å²) in [5.74, 6) is 0.620. The zero-order chi connectivity index (χ0) is 17.8. The smallest absolute Gasteiger partial charge is 0.108 e. The number of aliphatic hydroxyl groups is 1. The van der Waals surface area contributed by atoms with Crippen molar-refractivity contribution in [2.75, 3.05) is 13.1 Å². The highest BCUT2D eigenvalue weighted by Crippen LogP contribution is 2.21. The van der Waals surface area contributed by atoms with Crippen molar-refractivity contribution < 1.29 is 5.11 Å². The lowest BCUT2D eigenvalue weighted by atomic mass is 9.96. The lowest BCUT2D eigenvalue weighted by Crippen LogP contribution is -2.34. The van der Waals surface area contributed by atoms with Gasteiger partial charge in [0.25, 0.3) is 0 Å². The molecule has 1 aliphatic heterocycles. The molecule has 0 amide bonds. The van der Waals surface area contributed by atoms with Crippen LogP contribution in [0.5, 0.6) is 0 Å². The molecule has 0 radical (unpaired) electrons. The van der Waals surface area contributed by atoms with Crippen LogP contribution in [-0.4, -0.2) is 47.9 Å². The topological polar surface area (TPSA) is 72.0 Å². The molecule has 7 heteroatoms. The molecule has 0 aliphatic carbocycles. The average molecular weight is 352 g/mol. The van der Waals surface area contributed by atoms with Gasteiger partial charge in [0.15, 0.2) is 0 Å². The lowest BCUT2D eigenvalue weighted by Gasteiger charge is -2.31. The van der Waals surface area contributed by atoms with Crippen molar-refractivity contribution in [2.24, 2.45) is 5.92 Å². The van der Waals surface area contributed by atoms with Crippen LogP contribution in [-0.2, 0) is 19.7 Å². The molecule has 1 N–H and O–H groups in total. The molecule has 136 valence electrons. The van der Waals surface area contributed by atoms with Crippen molar-refractivity contribution in [3.8, 4) is 5.69 Å². The summed E-state index contributed by atoms with van der Waals surface area (Å²) in [4.78, 5) is 2.51. The van der Waals surface area contributed by atoms with Gasteiger partial charge in [0.1, 0.15) is 5.69 Å². The number of aromatic nitrogens is 5. The highest BCUT2D eigenvalue weighted by atomic mass is 16.3. The number of benzene rings is 1. The number of hydrogen-bond donors (Lipinski definition) is 1. The van der Waals surface area contributed by atoms with E-state index in [0.717, 1.165) is 44.7 Å². The Morgan fingerprint density at radius 2 is 2.04 bits per heavy atom. The van der Waals surface area contributed by atoms with E-state index in [4.69, 9.17) is 5.11 Å². The van der Waals surface area contributed by atoms with Gasteiger partial charge in [0.05, 0.1) is 18.5 Å². The standard InChI is InChI=1S/C19H24N6O/c26-15-18-14-24(22-21-18)13-16-5-9-23(10-6-16)12-17-3-1-4-19(11-17)25-8-2-7-20-25/h1-4,7-8,11,14,16,26H,5-6,9-10,12-13,15H2. The van der Waals surface area contributed by atoms with Crippen molar-refractivity contribution in [1.29, 1.82) is 0 Å².